The van der Waals surface area contributed by atoms with E-state index in [4.69, 9.17) is 0 Å². The number of likely N-dealkylation sites (N-methyl/N-ethyl adjacent to an activating group) is 1. The monoisotopic (exact) mass is 238 g/mol. The second-order valence-corrected chi connectivity index (χ2v) is 4.90. The van der Waals surface area contributed by atoms with Crippen LogP contribution >= 0.6 is 0 Å². The average Bonchev–Trinajstić information content (AvgIpc) is 2.92. The van der Waals surface area contributed by atoms with Gasteiger partial charge in [-0.1, -0.05) is 6.08 Å². The number of carbonyl (C=O) groups excluding carboxylic acids is 1. The number of likely N-dealkylation sites (tertiary alicyclic amines) is 1. The van der Waals surface area contributed by atoms with Crippen molar-refractivity contribution in [2.45, 2.75) is 38.7 Å². The Kier molecular flexibility index (Phi) is 4.18. The number of nitrogens with zero attached hydrogens (tertiary/aromatic N) is 2. The van der Waals surface area contributed by atoms with Crippen molar-refractivity contribution in [1.29, 1.82) is 0 Å². The van der Waals surface area contributed by atoms with Gasteiger partial charge in [-0.3, -0.25) is 9.69 Å². The van der Waals surface area contributed by atoms with Gasteiger partial charge in [0.05, 0.1) is 12.6 Å². The first kappa shape index (κ1) is 12.6. The lowest BCUT2D eigenvalue weighted by Gasteiger charge is -2.25. The first-order chi connectivity index (χ1) is 8.20. The molecular weight excluding hydrogens is 216 g/mol. The maximum atomic E-state index is 12.2. The van der Waals surface area contributed by atoms with E-state index in [0.717, 1.165) is 32.4 Å². The van der Waals surface area contributed by atoms with E-state index in [1.54, 1.807) is 0 Å². The van der Waals surface area contributed by atoms with Crippen molar-refractivity contribution in [2.24, 2.45) is 0 Å². The van der Waals surface area contributed by atoms with Crippen LogP contribution in [0.4, 0.5) is 0 Å². The molecule has 0 radical (unpaired) electrons. The fourth-order valence-electron chi connectivity index (χ4n) is 2.67. The van der Waals surface area contributed by atoms with Crippen LogP contribution in [-0.4, -0.2) is 53.1 Å². The second kappa shape index (κ2) is 5.65. The van der Waals surface area contributed by atoms with Crippen molar-refractivity contribution < 1.29 is 9.90 Å². The Labute approximate surface area is 103 Å². The quantitative estimate of drug-likeness (QED) is 0.793. The maximum Gasteiger partial charge on any atom is 0.240 e. The van der Waals surface area contributed by atoms with E-state index in [0.29, 0.717) is 13.1 Å². The number of rotatable bonds is 4. The van der Waals surface area contributed by atoms with Crippen molar-refractivity contribution in [1.82, 2.24) is 9.80 Å². The van der Waals surface area contributed by atoms with Crippen molar-refractivity contribution >= 4 is 5.91 Å². The Morgan fingerprint density at radius 3 is 3.00 bits per heavy atom. The highest BCUT2D eigenvalue weighted by Gasteiger charge is 2.25. The summed E-state index contributed by atoms with van der Waals surface area (Å²) < 4.78 is 0. The maximum absolute atomic E-state index is 12.2. The van der Waals surface area contributed by atoms with E-state index in [1.165, 1.54) is 12.1 Å². The first-order valence-corrected chi connectivity index (χ1v) is 6.60. The minimum atomic E-state index is -0.247. The molecule has 1 atom stereocenters. The summed E-state index contributed by atoms with van der Waals surface area (Å²) in [5, 5.41) is 9.44. The lowest BCUT2D eigenvalue weighted by atomic mass is 10.3. The zero-order chi connectivity index (χ0) is 12.3. The van der Waals surface area contributed by atoms with Gasteiger partial charge in [-0.2, -0.15) is 0 Å². The highest BCUT2D eigenvalue weighted by atomic mass is 16.3. The molecule has 96 valence electrons. The average molecular weight is 238 g/mol. The largest absolute Gasteiger partial charge is 0.392 e. The summed E-state index contributed by atoms with van der Waals surface area (Å²) in [5.41, 5.74) is 1.19. The van der Waals surface area contributed by atoms with Gasteiger partial charge in [0.15, 0.2) is 0 Å². The molecule has 4 nitrogen and oxygen atoms in total. The van der Waals surface area contributed by atoms with Gasteiger partial charge in [-0.05, 0) is 32.6 Å². The fourth-order valence-corrected chi connectivity index (χ4v) is 2.67. The van der Waals surface area contributed by atoms with Crippen molar-refractivity contribution in [2.75, 3.05) is 26.2 Å². The van der Waals surface area contributed by atoms with Crippen LogP contribution in [0.5, 0.6) is 0 Å². The third kappa shape index (κ3) is 3.07. The molecule has 0 aromatic rings. The summed E-state index contributed by atoms with van der Waals surface area (Å²) in [6, 6.07) is 0. The number of aliphatic hydroxyl groups is 1. The van der Waals surface area contributed by atoms with Crippen molar-refractivity contribution in [3.05, 3.63) is 11.8 Å². The molecule has 1 amide bonds. The van der Waals surface area contributed by atoms with Crippen LogP contribution in [0.25, 0.3) is 0 Å². The van der Waals surface area contributed by atoms with Crippen LogP contribution in [0, 0.1) is 0 Å². The summed E-state index contributed by atoms with van der Waals surface area (Å²) in [6.07, 6.45) is 6.02. The van der Waals surface area contributed by atoms with Gasteiger partial charge < -0.3 is 10.0 Å². The summed E-state index contributed by atoms with van der Waals surface area (Å²) in [5.74, 6) is 0.176. The SMILES string of the molecule is CCN(C(=O)CN1CCC(O)C1)C1=CCCC1. The Balaban J connectivity index is 1.89. The number of β-amino-alcohol motifs (C(OH)–C–C–N with tert-alkyl or cyclic N) is 1. The summed E-state index contributed by atoms with van der Waals surface area (Å²) in [7, 11) is 0. The molecule has 1 fully saturated rings. The number of amides is 1. The zero-order valence-electron chi connectivity index (χ0n) is 10.6. The molecule has 1 aliphatic carbocycles. The minimum Gasteiger partial charge on any atom is -0.392 e. The molecule has 17 heavy (non-hydrogen) atoms. The number of allylic oxidation sites excluding steroid dienone is 2. The molecule has 0 saturated carbocycles. The lowest BCUT2D eigenvalue weighted by Crippen LogP contribution is -2.39. The van der Waals surface area contributed by atoms with Gasteiger partial charge in [0.1, 0.15) is 0 Å². The predicted molar refractivity (Wildman–Crippen MR) is 66.4 cm³/mol. The highest BCUT2D eigenvalue weighted by molar-refractivity contribution is 5.80. The van der Waals surface area contributed by atoms with Crippen molar-refractivity contribution in [3.8, 4) is 0 Å². The number of hydrogen-bond donors (Lipinski definition) is 1. The molecule has 1 saturated heterocycles. The molecule has 1 aliphatic heterocycles. The Morgan fingerprint density at radius 1 is 1.65 bits per heavy atom. The molecule has 0 bridgehead atoms. The molecular formula is C13H22N2O2. The minimum absolute atomic E-state index is 0.176. The summed E-state index contributed by atoms with van der Waals surface area (Å²) >= 11 is 0. The molecule has 1 heterocycles. The molecule has 0 spiro atoms. The van der Waals surface area contributed by atoms with E-state index in [9.17, 15) is 9.90 Å². The molecule has 0 aromatic carbocycles. The lowest BCUT2D eigenvalue weighted by molar-refractivity contribution is -0.130. The Hall–Kier alpha value is -0.870. The smallest absolute Gasteiger partial charge is 0.240 e. The van der Waals surface area contributed by atoms with E-state index >= 15 is 0 Å². The topological polar surface area (TPSA) is 43.8 Å². The van der Waals surface area contributed by atoms with Gasteiger partial charge in [-0.25, -0.2) is 0 Å². The van der Waals surface area contributed by atoms with Gasteiger partial charge in [-0.15, -0.1) is 0 Å². The number of carbonyl (C=O) groups is 1. The van der Waals surface area contributed by atoms with E-state index in [-0.39, 0.29) is 12.0 Å². The fraction of sp³-hybridized carbons (Fsp3) is 0.769. The van der Waals surface area contributed by atoms with E-state index < -0.39 is 0 Å². The van der Waals surface area contributed by atoms with Crippen LogP contribution in [0.3, 0.4) is 0 Å². The number of hydrogen-bond acceptors (Lipinski definition) is 3. The highest BCUT2D eigenvalue weighted by Crippen LogP contribution is 2.21. The second-order valence-electron chi connectivity index (χ2n) is 4.90. The number of aliphatic hydroxyl groups excluding tert-OH is 1. The third-order valence-electron chi connectivity index (χ3n) is 3.59. The van der Waals surface area contributed by atoms with Gasteiger partial charge >= 0.3 is 0 Å². The van der Waals surface area contributed by atoms with Crippen LogP contribution < -0.4 is 0 Å². The molecule has 4 heteroatoms. The standard InChI is InChI=1S/C13H22N2O2/c1-2-15(11-5-3-4-6-11)13(17)10-14-8-7-12(16)9-14/h5,12,16H,2-4,6-10H2,1H3. The Morgan fingerprint density at radius 2 is 2.47 bits per heavy atom. The Bertz CT molecular complexity index is 315. The summed E-state index contributed by atoms with van der Waals surface area (Å²) in [6.45, 7) is 4.70. The van der Waals surface area contributed by atoms with Crippen LogP contribution in [0.15, 0.2) is 11.8 Å². The first-order valence-electron chi connectivity index (χ1n) is 6.60. The molecule has 2 aliphatic rings. The summed E-state index contributed by atoms with van der Waals surface area (Å²) in [4.78, 5) is 16.1. The van der Waals surface area contributed by atoms with Crippen LogP contribution in [0.2, 0.25) is 0 Å². The normalized spacial score (nSPS) is 25.1. The van der Waals surface area contributed by atoms with Crippen LogP contribution in [-0.2, 0) is 4.79 Å². The van der Waals surface area contributed by atoms with Gasteiger partial charge in [0.25, 0.3) is 0 Å². The molecule has 1 unspecified atom stereocenters. The molecule has 1 N–H and O–H groups in total. The third-order valence-corrected chi connectivity index (χ3v) is 3.59. The zero-order valence-corrected chi connectivity index (χ0v) is 10.6. The predicted octanol–water partition coefficient (Wildman–Crippen LogP) is 0.969. The molecule has 0 aromatic heterocycles. The van der Waals surface area contributed by atoms with Gasteiger partial charge in [0, 0.05) is 25.3 Å². The van der Waals surface area contributed by atoms with Crippen LogP contribution in [0.1, 0.15) is 32.6 Å². The van der Waals surface area contributed by atoms with E-state index in [1.807, 2.05) is 16.7 Å². The molecule has 2 rings (SSSR count). The van der Waals surface area contributed by atoms with Gasteiger partial charge in [0.2, 0.25) is 5.91 Å². The van der Waals surface area contributed by atoms with E-state index in [2.05, 4.69) is 6.08 Å². The van der Waals surface area contributed by atoms with Crippen molar-refractivity contribution in [3.63, 3.8) is 0 Å².